The van der Waals surface area contributed by atoms with Gasteiger partial charge in [0.05, 0.1) is 30.4 Å². The number of morpholine rings is 1. The Kier molecular flexibility index (Phi) is 5.53. The first kappa shape index (κ1) is 23.2. The van der Waals surface area contributed by atoms with Crippen molar-refractivity contribution in [1.82, 2.24) is 24.7 Å². The first-order valence-corrected chi connectivity index (χ1v) is 10.9. The van der Waals surface area contributed by atoms with Crippen molar-refractivity contribution in [2.24, 2.45) is 7.05 Å². The van der Waals surface area contributed by atoms with Crippen molar-refractivity contribution in [2.45, 2.75) is 18.6 Å². The van der Waals surface area contributed by atoms with Gasteiger partial charge in [-0.25, -0.2) is 9.36 Å². The summed E-state index contributed by atoms with van der Waals surface area (Å²) in [6.07, 6.45) is 1.54. The predicted octanol–water partition coefficient (Wildman–Crippen LogP) is -0.189. The van der Waals surface area contributed by atoms with Crippen molar-refractivity contribution in [3.63, 3.8) is 0 Å². The standard InChI is InChI=1S/C22H22N8O6/c1-22(34,21(33)25-12-3-4-14-15(9-12)36-27-19(14)23)18-20(32)29(7-8-35-18)16-5-6-30(26-16)13-10-17(31)28(2)24-11-13/h3-6,9-11,18,34H,7-8H2,1-2H3,(H2,23,27)(H,25,33)/t18-,22+/m0/s1. The van der Waals surface area contributed by atoms with Gasteiger partial charge < -0.3 is 25.4 Å². The van der Waals surface area contributed by atoms with Gasteiger partial charge in [-0.1, -0.05) is 5.16 Å². The van der Waals surface area contributed by atoms with Gasteiger partial charge >= 0.3 is 0 Å². The largest absolute Gasteiger partial charge is 0.380 e. The van der Waals surface area contributed by atoms with Gasteiger partial charge in [-0.15, -0.1) is 5.10 Å². The Balaban J connectivity index is 1.34. The summed E-state index contributed by atoms with van der Waals surface area (Å²) in [5, 5.41) is 26.2. The van der Waals surface area contributed by atoms with Crippen LogP contribution in [0.3, 0.4) is 0 Å². The maximum atomic E-state index is 13.3. The number of hydrogen-bond acceptors (Lipinski definition) is 10. The average Bonchev–Trinajstić information content (AvgIpc) is 3.48. The minimum atomic E-state index is -2.22. The maximum absolute atomic E-state index is 13.3. The van der Waals surface area contributed by atoms with Gasteiger partial charge in [-0.3, -0.25) is 19.3 Å². The summed E-state index contributed by atoms with van der Waals surface area (Å²) in [6.45, 7) is 1.41. The van der Waals surface area contributed by atoms with E-state index in [4.69, 9.17) is 15.0 Å². The fourth-order valence-electron chi connectivity index (χ4n) is 3.81. The maximum Gasteiger partial charge on any atom is 0.268 e. The van der Waals surface area contributed by atoms with Crippen LogP contribution < -0.4 is 21.5 Å². The number of fused-ring (bicyclic) bond motifs is 1. The van der Waals surface area contributed by atoms with E-state index in [2.05, 4.69) is 20.7 Å². The molecule has 5 rings (SSSR count). The molecule has 4 heterocycles. The second kappa shape index (κ2) is 8.58. The Bertz CT molecular complexity index is 1540. The molecule has 14 heteroatoms. The summed E-state index contributed by atoms with van der Waals surface area (Å²) in [7, 11) is 1.53. The Morgan fingerprint density at radius 1 is 1.28 bits per heavy atom. The van der Waals surface area contributed by atoms with E-state index in [-0.39, 0.29) is 30.3 Å². The number of amides is 2. The molecular formula is C22H22N8O6. The van der Waals surface area contributed by atoms with Crippen LogP contribution in [-0.4, -0.2) is 66.5 Å². The molecular weight excluding hydrogens is 472 g/mol. The highest BCUT2D eigenvalue weighted by molar-refractivity contribution is 6.06. The number of anilines is 3. The summed E-state index contributed by atoms with van der Waals surface area (Å²) in [5.74, 6) is -1.03. The van der Waals surface area contributed by atoms with Gasteiger partial charge in [0.15, 0.2) is 28.9 Å². The zero-order chi connectivity index (χ0) is 25.6. The highest BCUT2D eigenvalue weighted by Gasteiger charge is 2.48. The fourth-order valence-corrected chi connectivity index (χ4v) is 3.81. The lowest BCUT2D eigenvalue weighted by molar-refractivity contribution is -0.165. The molecule has 186 valence electrons. The van der Waals surface area contributed by atoms with Crippen molar-refractivity contribution >= 4 is 40.1 Å². The lowest BCUT2D eigenvalue weighted by atomic mass is 9.95. The zero-order valence-electron chi connectivity index (χ0n) is 19.3. The number of nitrogens with one attached hydrogen (secondary N) is 1. The van der Waals surface area contributed by atoms with Crippen LogP contribution in [0.25, 0.3) is 16.7 Å². The van der Waals surface area contributed by atoms with Crippen LogP contribution in [0.5, 0.6) is 0 Å². The number of aromatic nitrogens is 5. The van der Waals surface area contributed by atoms with Gasteiger partial charge in [-0.05, 0) is 19.1 Å². The molecule has 0 bridgehead atoms. The van der Waals surface area contributed by atoms with Crippen LogP contribution in [0.1, 0.15) is 6.92 Å². The van der Waals surface area contributed by atoms with Crippen LogP contribution in [0.4, 0.5) is 17.3 Å². The Hall–Kier alpha value is -4.56. The van der Waals surface area contributed by atoms with Crippen LogP contribution in [0.2, 0.25) is 0 Å². The van der Waals surface area contributed by atoms with Crippen molar-refractivity contribution in [3.05, 3.63) is 53.1 Å². The van der Waals surface area contributed by atoms with Gasteiger partial charge in [0.1, 0.15) is 0 Å². The monoisotopic (exact) mass is 494 g/mol. The van der Waals surface area contributed by atoms with E-state index in [0.717, 1.165) is 0 Å². The third kappa shape index (κ3) is 3.97. The minimum Gasteiger partial charge on any atom is -0.380 e. The molecule has 1 aliphatic heterocycles. The van der Waals surface area contributed by atoms with Gasteiger partial charge in [0.25, 0.3) is 17.4 Å². The van der Waals surface area contributed by atoms with E-state index in [1.165, 1.54) is 46.6 Å². The molecule has 1 saturated heterocycles. The third-order valence-electron chi connectivity index (χ3n) is 5.89. The van der Waals surface area contributed by atoms with Crippen LogP contribution in [0.15, 0.2) is 52.0 Å². The number of benzene rings is 1. The van der Waals surface area contributed by atoms with E-state index < -0.39 is 23.5 Å². The second-order valence-electron chi connectivity index (χ2n) is 8.42. The molecule has 4 N–H and O–H groups in total. The lowest BCUT2D eigenvalue weighted by Gasteiger charge is -2.37. The quantitative estimate of drug-likeness (QED) is 0.336. The Labute approximate surface area is 202 Å². The lowest BCUT2D eigenvalue weighted by Crippen LogP contribution is -2.61. The Morgan fingerprint density at radius 3 is 2.86 bits per heavy atom. The van der Waals surface area contributed by atoms with E-state index in [1.807, 2.05) is 0 Å². The average molecular weight is 494 g/mol. The molecule has 0 saturated carbocycles. The number of aryl methyl sites for hydroxylation is 1. The highest BCUT2D eigenvalue weighted by atomic mass is 16.5. The molecule has 1 aliphatic rings. The van der Waals surface area contributed by atoms with E-state index in [9.17, 15) is 19.5 Å². The molecule has 1 aromatic carbocycles. The van der Waals surface area contributed by atoms with Crippen LogP contribution in [0, 0.1) is 0 Å². The summed E-state index contributed by atoms with van der Waals surface area (Å²) >= 11 is 0. The smallest absolute Gasteiger partial charge is 0.268 e. The number of carbonyl (C=O) groups is 2. The first-order valence-electron chi connectivity index (χ1n) is 10.9. The molecule has 36 heavy (non-hydrogen) atoms. The minimum absolute atomic E-state index is 0.0590. The number of hydrogen-bond donors (Lipinski definition) is 3. The SMILES string of the molecule is Cn1ncc(-n2ccc(N3CCO[C@H]([C@@](C)(O)C(=O)Nc4ccc5c(N)noc5c4)C3=O)n2)cc1=O. The summed E-state index contributed by atoms with van der Waals surface area (Å²) in [5.41, 5.74) is 4.24. The highest BCUT2D eigenvalue weighted by Crippen LogP contribution is 2.27. The third-order valence-corrected chi connectivity index (χ3v) is 5.89. The number of rotatable bonds is 5. The molecule has 0 aliphatic carbocycles. The Morgan fingerprint density at radius 2 is 2.08 bits per heavy atom. The van der Waals surface area contributed by atoms with E-state index >= 15 is 0 Å². The fraction of sp³-hybridized carbons (Fsp3) is 0.273. The number of nitrogens with zero attached hydrogens (tertiary/aromatic N) is 6. The van der Waals surface area contributed by atoms with E-state index in [1.54, 1.807) is 24.4 Å². The number of aliphatic hydroxyl groups is 1. The molecule has 0 unspecified atom stereocenters. The van der Waals surface area contributed by atoms with Crippen LogP contribution >= 0.6 is 0 Å². The normalized spacial score (nSPS) is 17.8. The van der Waals surface area contributed by atoms with Crippen molar-refractivity contribution in [3.8, 4) is 5.69 Å². The second-order valence-corrected chi connectivity index (χ2v) is 8.42. The number of ether oxygens (including phenoxy) is 1. The molecule has 2 amide bonds. The van der Waals surface area contributed by atoms with Gasteiger partial charge in [-0.2, -0.15) is 5.10 Å². The molecule has 2 atom stereocenters. The van der Waals surface area contributed by atoms with Crippen molar-refractivity contribution in [1.29, 1.82) is 0 Å². The molecule has 0 radical (unpaired) electrons. The first-order chi connectivity index (χ1) is 17.1. The number of nitrogen functional groups attached to an aromatic ring is 1. The summed E-state index contributed by atoms with van der Waals surface area (Å²) in [4.78, 5) is 39.4. The molecule has 0 spiro atoms. The topological polar surface area (TPSA) is 184 Å². The molecule has 1 fully saturated rings. The van der Waals surface area contributed by atoms with Gasteiger partial charge in [0.2, 0.25) is 0 Å². The summed E-state index contributed by atoms with van der Waals surface area (Å²) in [6, 6.07) is 7.61. The summed E-state index contributed by atoms with van der Waals surface area (Å²) < 4.78 is 13.2. The van der Waals surface area contributed by atoms with Crippen LogP contribution in [-0.2, 0) is 21.4 Å². The predicted molar refractivity (Wildman–Crippen MR) is 126 cm³/mol. The number of nitrogens with two attached hydrogens (primary N) is 1. The zero-order valence-corrected chi connectivity index (χ0v) is 19.3. The molecule has 3 aromatic heterocycles. The van der Waals surface area contributed by atoms with E-state index in [0.29, 0.717) is 22.3 Å². The number of carbonyl (C=O) groups excluding carboxylic acids is 2. The van der Waals surface area contributed by atoms with Crippen molar-refractivity contribution < 1.29 is 24.0 Å². The van der Waals surface area contributed by atoms with Gasteiger partial charge in [0, 0.05) is 37.1 Å². The van der Waals surface area contributed by atoms with Crippen molar-refractivity contribution in [2.75, 3.05) is 29.1 Å². The molecule has 14 nitrogen and oxygen atoms in total. The molecule has 4 aromatic rings.